The molecule has 17 heavy (non-hydrogen) atoms. The molecule has 1 rings (SSSR count). The van der Waals surface area contributed by atoms with Crippen molar-refractivity contribution in [2.24, 2.45) is 0 Å². The number of halogens is 1. The van der Waals surface area contributed by atoms with E-state index >= 15 is 0 Å². The maximum absolute atomic E-state index is 13.6. The molecule has 0 atom stereocenters. The fourth-order valence-corrected chi connectivity index (χ4v) is 1.59. The number of nitrogens with one attached hydrogen (secondary N) is 1. The van der Waals surface area contributed by atoms with Crippen LogP contribution in [0.3, 0.4) is 0 Å². The van der Waals surface area contributed by atoms with Crippen molar-refractivity contribution in [1.82, 2.24) is 0 Å². The van der Waals surface area contributed by atoms with Crippen LogP contribution in [0.15, 0.2) is 12.1 Å². The number of benzene rings is 1. The highest BCUT2D eigenvalue weighted by Crippen LogP contribution is 2.27. The van der Waals surface area contributed by atoms with Crippen LogP contribution < -0.4 is 10.8 Å². The molecular formula is C11H14BFN2O2. The second-order valence-electron chi connectivity index (χ2n) is 3.78. The molecule has 0 amide bonds. The first-order valence-corrected chi connectivity index (χ1v) is 5.50. The van der Waals surface area contributed by atoms with Gasteiger partial charge in [0.05, 0.1) is 4.92 Å². The molecule has 0 fully saturated rings. The maximum Gasteiger partial charge on any atom is 0.327 e. The largest absolute Gasteiger partial charge is 0.377 e. The third-order valence-electron chi connectivity index (χ3n) is 2.67. The minimum absolute atomic E-state index is 0.0803. The zero-order valence-corrected chi connectivity index (χ0v) is 9.87. The lowest BCUT2D eigenvalue weighted by atomic mass is 9.94. The standard InChI is InChI=1S/C11H14BFN2O2/c1-3-7(4-2)14-9-6-5-8(12)10(13)11(9)15(16)17/h5-7,14H,3-4H2,1-2H3. The Morgan fingerprint density at radius 1 is 1.47 bits per heavy atom. The fourth-order valence-electron chi connectivity index (χ4n) is 1.59. The Balaban J connectivity index is 3.15. The molecule has 0 heterocycles. The zero-order valence-electron chi connectivity index (χ0n) is 9.87. The van der Waals surface area contributed by atoms with Crippen molar-refractivity contribution >= 4 is 24.7 Å². The monoisotopic (exact) mass is 236 g/mol. The minimum Gasteiger partial charge on any atom is -0.377 e. The lowest BCUT2D eigenvalue weighted by Gasteiger charge is -2.16. The van der Waals surface area contributed by atoms with Gasteiger partial charge >= 0.3 is 5.69 Å². The summed E-state index contributed by atoms with van der Waals surface area (Å²) in [6, 6.07) is 2.85. The molecule has 0 aliphatic carbocycles. The fraction of sp³-hybridized carbons (Fsp3) is 0.455. The van der Waals surface area contributed by atoms with Gasteiger partial charge in [0.25, 0.3) is 0 Å². The second kappa shape index (κ2) is 5.66. The zero-order chi connectivity index (χ0) is 13.0. The summed E-state index contributed by atoms with van der Waals surface area (Å²) >= 11 is 0. The average molecular weight is 236 g/mol. The van der Waals surface area contributed by atoms with Gasteiger partial charge in [-0.2, -0.15) is 4.39 Å². The summed E-state index contributed by atoms with van der Waals surface area (Å²) in [5.41, 5.74) is -0.626. The highest BCUT2D eigenvalue weighted by Gasteiger charge is 2.22. The van der Waals surface area contributed by atoms with Gasteiger partial charge in [-0.05, 0) is 18.9 Å². The first-order chi connectivity index (χ1) is 8.01. The summed E-state index contributed by atoms with van der Waals surface area (Å²) in [6.07, 6.45) is 1.61. The Hall–Kier alpha value is -1.59. The van der Waals surface area contributed by atoms with Crippen molar-refractivity contribution < 1.29 is 9.31 Å². The Labute approximate surface area is 101 Å². The molecule has 0 bridgehead atoms. The smallest absolute Gasteiger partial charge is 0.327 e. The summed E-state index contributed by atoms with van der Waals surface area (Å²) in [6.45, 7) is 3.92. The lowest BCUT2D eigenvalue weighted by Crippen LogP contribution is -2.20. The van der Waals surface area contributed by atoms with Crippen LogP contribution in [0.5, 0.6) is 0 Å². The van der Waals surface area contributed by atoms with E-state index in [2.05, 4.69) is 5.32 Å². The average Bonchev–Trinajstić information content (AvgIpc) is 2.30. The predicted molar refractivity (Wildman–Crippen MR) is 66.4 cm³/mol. The topological polar surface area (TPSA) is 55.2 Å². The van der Waals surface area contributed by atoms with E-state index in [4.69, 9.17) is 7.85 Å². The van der Waals surface area contributed by atoms with Gasteiger partial charge in [0.15, 0.2) is 5.82 Å². The normalized spacial score (nSPS) is 10.6. The van der Waals surface area contributed by atoms with Crippen LogP contribution in [-0.4, -0.2) is 18.8 Å². The highest BCUT2D eigenvalue weighted by molar-refractivity contribution is 6.32. The minimum atomic E-state index is -0.981. The van der Waals surface area contributed by atoms with E-state index < -0.39 is 16.4 Å². The first kappa shape index (κ1) is 13.5. The summed E-state index contributed by atoms with van der Waals surface area (Å²) in [5.74, 6) is -0.981. The van der Waals surface area contributed by atoms with E-state index in [0.717, 1.165) is 12.8 Å². The number of nitro groups is 1. The van der Waals surface area contributed by atoms with Crippen molar-refractivity contribution in [2.75, 3.05) is 5.32 Å². The van der Waals surface area contributed by atoms with Crippen LogP contribution in [0.4, 0.5) is 15.8 Å². The number of hydrogen-bond acceptors (Lipinski definition) is 3. The molecule has 0 aromatic heterocycles. The van der Waals surface area contributed by atoms with Gasteiger partial charge in [-0.3, -0.25) is 10.1 Å². The van der Waals surface area contributed by atoms with Gasteiger partial charge in [0, 0.05) is 6.04 Å². The first-order valence-electron chi connectivity index (χ1n) is 5.50. The van der Waals surface area contributed by atoms with E-state index in [-0.39, 0.29) is 17.2 Å². The van der Waals surface area contributed by atoms with E-state index in [1.807, 2.05) is 13.8 Å². The molecule has 1 N–H and O–H groups in total. The quantitative estimate of drug-likeness (QED) is 0.484. The van der Waals surface area contributed by atoms with Crippen LogP contribution in [0.25, 0.3) is 0 Å². The van der Waals surface area contributed by atoms with Crippen LogP contribution in [0.1, 0.15) is 26.7 Å². The molecule has 4 nitrogen and oxygen atoms in total. The molecule has 0 aliphatic rings. The molecule has 0 aliphatic heterocycles. The predicted octanol–water partition coefficient (Wildman–Crippen LogP) is 2.13. The Morgan fingerprint density at radius 3 is 2.53 bits per heavy atom. The van der Waals surface area contributed by atoms with Gasteiger partial charge in [-0.25, -0.2) is 0 Å². The molecular weight excluding hydrogens is 222 g/mol. The van der Waals surface area contributed by atoms with Gasteiger partial charge < -0.3 is 5.32 Å². The summed E-state index contributed by atoms with van der Waals surface area (Å²) in [5, 5.41) is 13.8. The number of rotatable bonds is 5. The van der Waals surface area contributed by atoms with Gasteiger partial charge in [-0.15, -0.1) is 0 Å². The second-order valence-corrected chi connectivity index (χ2v) is 3.78. The molecule has 90 valence electrons. The molecule has 2 radical (unpaired) electrons. The number of hydrogen-bond donors (Lipinski definition) is 1. The van der Waals surface area contributed by atoms with Gasteiger partial charge in [-0.1, -0.05) is 25.4 Å². The Bertz CT molecular complexity index is 422. The molecule has 0 unspecified atom stereocenters. The molecule has 0 saturated carbocycles. The maximum atomic E-state index is 13.6. The number of nitrogens with zero attached hydrogens (tertiary/aromatic N) is 1. The lowest BCUT2D eigenvalue weighted by molar-refractivity contribution is -0.386. The van der Waals surface area contributed by atoms with Crippen molar-refractivity contribution in [3.63, 3.8) is 0 Å². The van der Waals surface area contributed by atoms with E-state index in [0.29, 0.717) is 0 Å². The summed E-state index contributed by atoms with van der Waals surface area (Å²) in [7, 11) is 5.32. The SMILES string of the molecule is [B]c1ccc(NC(CC)CC)c([N+](=O)[O-])c1F. The third kappa shape index (κ3) is 2.96. The van der Waals surface area contributed by atoms with E-state index in [1.165, 1.54) is 12.1 Å². The third-order valence-corrected chi connectivity index (χ3v) is 2.67. The molecule has 1 aromatic carbocycles. The van der Waals surface area contributed by atoms with Crippen molar-refractivity contribution in [3.05, 3.63) is 28.1 Å². The van der Waals surface area contributed by atoms with Gasteiger partial charge in [0.2, 0.25) is 0 Å². The van der Waals surface area contributed by atoms with Crippen molar-refractivity contribution in [1.29, 1.82) is 0 Å². The summed E-state index contributed by atoms with van der Waals surface area (Å²) in [4.78, 5) is 10.1. The molecule has 0 saturated heterocycles. The van der Waals surface area contributed by atoms with Crippen LogP contribution in [0, 0.1) is 15.9 Å². The Kier molecular flexibility index (Phi) is 4.49. The summed E-state index contributed by atoms with van der Waals surface area (Å²) < 4.78 is 13.6. The number of nitro benzene ring substituents is 1. The van der Waals surface area contributed by atoms with Gasteiger partial charge in [0.1, 0.15) is 13.5 Å². The highest BCUT2D eigenvalue weighted by atomic mass is 19.1. The Morgan fingerprint density at radius 2 is 2.06 bits per heavy atom. The molecule has 6 heteroatoms. The van der Waals surface area contributed by atoms with Crippen molar-refractivity contribution in [2.45, 2.75) is 32.7 Å². The number of anilines is 1. The van der Waals surface area contributed by atoms with E-state index in [9.17, 15) is 14.5 Å². The van der Waals surface area contributed by atoms with Crippen molar-refractivity contribution in [3.8, 4) is 0 Å². The van der Waals surface area contributed by atoms with E-state index in [1.54, 1.807) is 0 Å². The van der Waals surface area contributed by atoms with Crippen LogP contribution >= 0.6 is 0 Å². The molecule has 1 aromatic rings. The van der Waals surface area contributed by atoms with Crippen LogP contribution in [0.2, 0.25) is 0 Å². The van der Waals surface area contributed by atoms with Crippen LogP contribution in [-0.2, 0) is 0 Å². The molecule has 0 spiro atoms.